The van der Waals surface area contributed by atoms with Gasteiger partial charge in [0.2, 0.25) is 0 Å². The zero-order valence-corrected chi connectivity index (χ0v) is 12.2. The van der Waals surface area contributed by atoms with E-state index < -0.39 is 6.09 Å². The molecule has 1 aliphatic rings. The molecule has 0 aliphatic carbocycles. The first-order chi connectivity index (χ1) is 9.63. The first-order valence-corrected chi connectivity index (χ1v) is 7.08. The largest absolute Gasteiger partial charge is 0.465 e. The molecule has 1 atom stereocenters. The van der Waals surface area contributed by atoms with Crippen molar-refractivity contribution in [2.75, 3.05) is 18.4 Å². The maximum Gasteiger partial charge on any atom is 0.407 e. The van der Waals surface area contributed by atoms with E-state index in [2.05, 4.69) is 31.2 Å². The number of fused-ring (bicyclic) bond motifs is 1. The lowest BCUT2D eigenvalue weighted by Crippen LogP contribution is -2.30. The van der Waals surface area contributed by atoms with Crippen LogP contribution in [0.5, 0.6) is 0 Å². The Labute approximate surface area is 124 Å². The number of rotatable bonds is 2. The Bertz CT molecular complexity index is 664. The molecule has 1 saturated heterocycles. The molecular weight excluding hydrogens is 324 g/mol. The van der Waals surface area contributed by atoms with E-state index in [1.165, 1.54) is 4.90 Å². The predicted molar refractivity (Wildman–Crippen MR) is 78.9 cm³/mol. The van der Waals surface area contributed by atoms with Crippen molar-refractivity contribution >= 4 is 38.7 Å². The number of carboxylic acid groups (broad SMARTS) is 1. The summed E-state index contributed by atoms with van der Waals surface area (Å²) in [5, 5.41) is 13.3. The minimum Gasteiger partial charge on any atom is -0.465 e. The lowest BCUT2D eigenvalue weighted by molar-refractivity contribution is 0.155. The van der Waals surface area contributed by atoms with Crippen molar-refractivity contribution in [1.29, 1.82) is 0 Å². The molecule has 2 N–H and O–H groups in total. The van der Waals surface area contributed by atoms with Crippen molar-refractivity contribution in [2.24, 2.45) is 0 Å². The van der Waals surface area contributed by atoms with E-state index in [0.717, 1.165) is 21.9 Å². The number of nitrogens with zero attached hydrogens (tertiary/aromatic N) is 3. The maximum atomic E-state index is 10.9. The molecule has 20 heavy (non-hydrogen) atoms. The van der Waals surface area contributed by atoms with Gasteiger partial charge in [0.25, 0.3) is 0 Å². The number of likely N-dealkylation sites (tertiary alicyclic amines) is 1. The molecule has 0 bridgehead atoms. The Morgan fingerprint density at radius 2 is 2.40 bits per heavy atom. The van der Waals surface area contributed by atoms with Gasteiger partial charge in [-0.2, -0.15) is 0 Å². The molecule has 104 valence electrons. The molecule has 1 fully saturated rings. The van der Waals surface area contributed by atoms with E-state index in [9.17, 15) is 4.79 Å². The van der Waals surface area contributed by atoms with Crippen molar-refractivity contribution < 1.29 is 9.90 Å². The highest BCUT2D eigenvalue weighted by Gasteiger charge is 2.26. The second-order valence-corrected chi connectivity index (χ2v) is 5.54. The predicted octanol–water partition coefficient (Wildman–Crippen LogP) is 2.56. The molecule has 3 heterocycles. The highest BCUT2D eigenvalue weighted by Crippen LogP contribution is 2.25. The van der Waals surface area contributed by atoms with Gasteiger partial charge in [-0.1, -0.05) is 6.07 Å². The highest BCUT2D eigenvalue weighted by atomic mass is 79.9. The molecule has 2 aromatic heterocycles. The SMILES string of the molecule is O=C(O)N1CCC(Nc2nc(Br)cc3cccnc23)C1. The maximum absolute atomic E-state index is 10.9. The fraction of sp³-hybridized carbons (Fsp3) is 0.308. The molecule has 1 aliphatic heterocycles. The molecule has 1 amide bonds. The van der Waals surface area contributed by atoms with Crippen LogP contribution in [0.15, 0.2) is 29.0 Å². The minimum atomic E-state index is -0.875. The summed E-state index contributed by atoms with van der Waals surface area (Å²) in [6.45, 7) is 1.02. The van der Waals surface area contributed by atoms with Crippen molar-refractivity contribution in [3.63, 3.8) is 0 Å². The van der Waals surface area contributed by atoms with Gasteiger partial charge in [-0.3, -0.25) is 4.98 Å². The van der Waals surface area contributed by atoms with Gasteiger partial charge in [0.1, 0.15) is 10.1 Å². The number of hydrogen-bond donors (Lipinski definition) is 2. The van der Waals surface area contributed by atoms with E-state index in [4.69, 9.17) is 5.11 Å². The lowest BCUT2D eigenvalue weighted by Gasteiger charge is -2.15. The summed E-state index contributed by atoms with van der Waals surface area (Å²) in [7, 11) is 0. The van der Waals surface area contributed by atoms with Gasteiger partial charge in [-0.25, -0.2) is 9.78 Å². The Morgan fingerprint density at radius 3 is 3.15 bits per heavy atom. The van der Waals surface area contributed by atoms with Gasteiger partial charge < -0.3 is 15.3 Å². The Hall–Kier alpha value is -1.89. The molecule has 6 nitrogen and oxygen atoms in total. The smallest absolute Gasteiger partial charge is 0.407 e. The van der Waals surface area contributed by atoms with Crippen LogP contribution in [-0.4, -0.2) is 45.2 Å². The van der Waals surface area contributed by atoms with Crippen LogP contribution in [0.3, 0.4) is 0 Å². The number of aromatic nitrogens is 2. The number of nitrogens with one attached hydrogen (secondary N) is 1. The molecule has 3 rings (SSSR count). The van der Waals surface area contributed by atoms with Crippen molar-refractivity contribution in [1.82, 2.24) is 14.9 Å². The van der Waals surface area contributed by atoms with Crippen LogP contribution >= 0.6 is 15.9 Å². The average Bonchev–Trinajstić information content (AvgIpc) is 2.87. The van der Waals surface area contributed by atoms with Gasteiger partial charge >= 0.3 is 6.09 Å². The first kappa shape index (κ1) is 13.1. The molecule has 0 aromatic carbocycles. The minimum absolute atomic E-state index is 0.0677. The number of pyridine rings is 2. The van der Waals surface area contributed by atoms with Crippen molar-refractivity contribution in [3.8, 4) is 0 Å². The fourth-order valence-electron chi connectivity index (χ4n) is 2.40. The monoisotopic (exact) mass is 336 g/mol. The Morgan fingerprint density at radius 1 is 1.55 bits per heavy atom. The summed E-state index contributed by atoms with van der Waals surface area (Å²) in [5.74, 6) is 0.687. The van der Waals surface area contributed by atoms with E-state index in [-0.39, 0.29) is 6.04 Å². The van der Waals surface area contributed by atoms with Crippen LogP contribution < -0.4 is 5.32 Å². The first-order valence-electron chi connectivity index (χ1n) is 6.29. The standard InChI is InChI=1S/C13H13BrN4O2/c14-10-6-8-2-1-4-15-11(8)12(17-10)16-9-3-5-18(7-9)13(19)20/h1-2,4,6,9H,3,5,7H2,(H,16,17)(H,19,20). The van der Waals surface area contributed by atoms with Gasteiger partial charge in [0.15, 0.2) is 5.82 Å². The van der Waals surface area contributed by atoms with Crippen molar-refractivity contribution in [2.45, 2.75) is 12.5 Å². The third-order valence-corrected chi connectivity index (χ3v) is 3.76. The van der Waals surface area contributed by atoms with Gasteiger partial charge in [0, 0.05) is 30.7 Å². The van der Waals surface area contributed by atoms with Crippen LogP contribution in [0.4, 0.5) is 10.6 Å². The van der Waals surface area contributed by atoms with E-state index in [1.807, 2.05) is 18.2 Å². The summed E-state index contributed by atoms with van der Waals surface area (Å²) < 4.78 is 0.730. The molecule has 0 radical (unpaired) electrons. The van der Waals surface area contributed by atoms with Gasteiger partial charge in [-0.05, 0) is 34.5 Å². The third-order valence-electron chi connectivity index (χ3n) is 3.36. The van der Waals surface area contributed by atoms with E-state index >= 15 is 0 Å². The Balaban J connectivity index is 1.86. The highest BCUT2D eigenvalue weighted by molar-refractivity contribution is 9.10. The number of halogens is 1. The molecule has 0 spiro atoms. The third kappa shape index (κ3) is 2.53. The van der Waals surface area contributed by atoms with Crippen LogP contribution in [0.1, 0.15) is 6.42 Å². The molecule has 7 heteroatoms. The van der Waals surface area contributed by atoms with Crippen LogP contribution in [0.25, 0.3) is 10.9 Å². The zero-order chi connectivity index (χ0) is 14.1. The second kappa shape index (κ2) is 5.24. The fourth-order valence-corrected chi connectivity index (χ4v) is 2.82. The molecule has 1 unspecified atom stereocenters. The second-order valence-electron chi connectivity index (χ2n) is 4.73. The zero-order valence-electron chi connectivity index (χ0n) is 10.6. The van der Waals surface area contributed by atoms with Crippen LogP contribution in [0, 0.1) is 0 Å². The summed E-state index contributed by atoms with van der Waals surface area (Å²) >= 11 is 3.38. The quantitative estimate of drug-likeness (QED) is 0.824. The molecular formula is C13H13BrN4O2. The summed E-state index contributed by atoms with van der Waals surface area (Å²) in [5.41, 5.74) is 0.796. The van der Waals surface area contributed by atoms with E-state index in [0.29, 0.717) is 18.9 Å². The van der Waals surface area contributed by atoms with Crippen LogP contribution in [0.2, 0.25) is 0 Å². The summed E-state index contributed by atoms with van der Waals surface area (Å²) in [4.78, 5) is 21.1. The number of amides is 1. The molecule has 0 saturated carbocycles. The average molecular weight is 337 g/mol. The van der Waals surface area contributed by atoms with E-state index in [1.54, 1.807) is 6.20 Å². The summed E-state index contributed by atoms with van der Waals surface area (Å²) in [6, 6.07) is 5.82. The molecule has 2 aromatic rings. The number of hydrogen-bond acceptors (Lipinski definition) is 4. The summed E-state index contributed by atoms with van der Waals surface area (Å²) in [6.07, 6.45) is 1.62. The van der Waals surface area contributed by atoms with Gasteiger partial charge in [0.05, 0.1) is 0 Å². The lowest BCUT2D eigenvalue weighted by atomic mass is 10.2. The van der Waals surface area contributed by atoms with Crippen LogP contribution in [-0.2, 0) is 0 Å². The Kier molecular flexibility index (Phi) is 3.43. The normalized spacial score (nSPS) is 18.4. The topological polar surface area (TPSA) is 78.4 Å². The van der Waals surface area contributed by atoms with Gasteiger partial charge in [-0.15, -0.1) is 0 Å². The number of anilines is 1. The van der Waals surface area contributed by atoms with Crippen molar-refractivity contribution in [3.05, 3.63) is 29.0 Å². The number of carbonyl (C=O) groups is 1.